The Bertz CT molecular complexity index is 643. The molecule has 8 nitrogen and oxygen atoms in total. The van der Waals surface area contributed by atoms with Crippen molar-refractivity contribution in [1.29, 1.82) is 0 Å². The van der Waals surface area contributed by atoms with E-state index in [1.807, 2.05) is 48.5 Å². The second-order valence-corrected chi connectivity index (χ2v) is 4.73. The summed E-state index contributed by atoms with van der Waals surface area (Å²) in [5, 5.41) is 17.2. The zero-order valence-electron chi connectivity index (χ0n) is 13.1. The maximum atomic E-state index is 8.60. The zero-order chi connectivity index (χ0) is 16.7. The van der Waals surface area contributed by atoms with E-state index in [2.05, 4.69) is 9.98 Å². The average Bonchev–Trinajstić information content (AvgIpc) is 2.58. The molecule has 0 saturated carbocycles. The molecule has 2 aromatic rings. The van der Waals surface area contributed by atoms with Crippen molar-refractivity contribution in [3.05, 3.63) is 59.7 Å². The normalized spacial score (nSPS) is 11.1. The van der Waals surface area contributed by atoms with Gasteiger partial charge in [0.1, 0.15) is 0 Å². The van der Waals surface area contributed by atoms with Crippen LogP contribution in [0.5, 0.6) is 0 Å². The van der Waals surface area contributed by atoms with Gasteiger partial charge < -0.3 is 11.5 Å². The summed E-state index contributed by atoms with van der Waals surface area (Å²) in [4.78, 5) is 7.91. The Kier molecular flexibility index (Phi) is 9.99. The van der Waals surface area contributed by atoms with Crippen LogP contribution >= 0.6 is 24.8 Å². The first-order chi connectivity index (χ1) is 11.1. The van der Waals surface area contributed by atoms with E-state index in [1.54, 1.807) is 11.0 Å². The van der Waals surface area contributed by atoms with Gasteiger partial charge in [-0.2, -0.15) is 0 Å². The van der Waals surface area contributed by atoms with Crippen LogP contribution in [0.2, 0.25) is 0 Å². The summed E-state index contributed by atoms with van der Waals surface area (Å²) in [7, 11) is 0. The predicted molar refractivity (Wildman–Crippen MR) is 103 cm³/mol. The topological polar surface area (TPSA) is 141 Å². The molecule has 0 saturated heterocycles. The monoisotopic (exact) mass is 386 g/mol. The minimum absolute atomic E-state index is 0. The van der Waals surface area contributed by atoms with Gasteiger partial charge in [-0.3, -0.25) is 10.4 Å². The van der Waals surface area contributed by atoms with Crippen LogP contribution in [0.3, 0.4) is 0 Å². The molecular weight excluding hydrogens is 367 g/mol. The highest BCUT2D eigenvalue weighted by molar-refractivity contribution is 5.85. The zero-order valence-corrected chi connectivity index (χ0v) is 14.7. The number of aliphatic imine (C=N–C) groups is 2. The molecule has 0 aliphatic heterocycles. The van der Waals surface area contributed by atoms with Gasteiger partial charge in [0.25, 0.3) is 0 Å². The lowest BCUT2D eigenvalue weighted by Crippen LogP contribution is -2.27. The molecule has 8 N–H and O–H groups in total. The third kappa shape index (κ3) is 7.27. The van der Waals surface area contributed by atoms with Crippen LogP contribution < -0.4 is 22.4 Å². The highest BCUT2D eigenvalue weighted by atomic mass is 35.5. The van der Waals surface area contributed by atoms with Gasteiger partial charge in [-0.1, -0.05) is 24.3 Å². The summed E-state index contributed by atoms with van der Waals surface area (Å²) < 4.78 is 0. The van der Waals surface area contributed by atoms with Crippen LogP contribution in [0.15, 0.2) is 58.5 Å². The molecule has 0 aliphatic carbocycles. The summed E-state index contributed by atoms with van der Waals surface area (Å²) in [6.07, 6.45) is 0.745. The van der Waals surface area contributed by atoms with Crippen molar-refractivity contribution in [2.24, 2.45) is 21.5 Å². The van der Waals surface area contributed by atoms with E-state index in [9.17, 15) is 0 Å². The van der Waals surface area contributed by atoms with Crippen LogP contribution in [0.1, 0.15) is 11.1 Å². The number of hydrogen-bond donors (Lipinski definition) is 6. The van der Waals surface area contributed by atoms with Gasteiger partial charge in [0.05, 0.1) is 11.4 Å². The number of benzene rings is 2. The van der Waals surface area contributed by atoms with Crippen molar-refractivity contribution < 1.29 is 10.4 Å². The molecular formula is C15H20Cl2N6O2. The highest BCUT2D eigenvalue weighted by Gasteiger charge is 1.99. The lowest BCUT2D eigenvalue weighted by molar-refractivity contribution is 0.233. The Labute approximate surface area is 157 Å². The molecule has 25 heavy (non-hydrogen) atoms. The standard InChI is InChI=1S/C15H18N6O2.2ClH/c16-14(20-22)18-12-5-1-10(2-6-12)9-11-3-7-13(8-4-11)19-15(17)21-23;;/h1-8,22-23H,9H2,(H3,16,18,20)(H3,17,19,21);2*1H. The van der Waals surface area contributed by atoms with Crippen molar-refractivity contribution in [1.82, 2.24) is 11.0 Å². The Morgan fingerprint density at radius 1 is 0.720 bits per heavy atom. The summed E-state index contributed by atoms with van der Waals surface area (Å²) in [5.41, 5.74) is 17.8. The van der Waals surface area contributed by atoms with Crippen molar-refractivity contribution in [2.75, 3.05) is 0 Å². The third-order valence-electron chi connectivity index (χ3n) is 3.01. The van der Waals surface area contributed by atoms with Crippen molar-refractivity contribution in [3.8, 4) is 0 Å². The molecule has 0 heterocycles. The van der Waals surface area contributed by atoms with Crippen molar-refractivity contribution >= 4 is 48.1 Å². The van der Waals surface area contributed by atoms with Gasteiger partial charge in [0.15, 0.2) is 0 Å². The lowest BCUT2D eigenvalue weighted by atomic mass is 10.0. The molecule has 0 fully saturated rings. The number of hydrogen-bond acceptors (Lipinski definition) is 4. The van der Waals surface area contributed by atoms with E-state index < -0.39 is 0 Å². The fourth-order valence-electron chi connectivity index (χ4n) is 1.94. The SMILES string of the molecule is Cl.Cl.NC(=Nc1ccc(Cc2ccc(N=C(N)NO)cc2)cc1)NO. The molecule has 10 heteroatoms. The number of rotatable bonds is 4. The summed E-state index contributed by atoms with van der Waals surface area (Å²) >= 11 is 0. The lowest BCUT2D eigenvalue weighted by Gasteiger charge is -2.04. The van der Waals surface area contributed by atoms with E-state index in [4.69, 9.17) is 21.9 Å². The molecule has 0 unspecified atom stereocenters. The number of guanidine groups is 2. The van der Waals surface area contributed by atoms with Gasteiger partial charge in [-0.05, 0) is 41.8 Å². The molecule has 2 rings (SSSR count). The fraction of sp³-hybridized carbons (Fsp3) is 0.0667. The van der Waals surface area contributed by atoms with Gasteiger partial charge in [0.2, 0.25) is 11.9 Å². The first kappa shape index (κ1) is 22.5. The molecule has 0 bridgehead atoms. The minimum Gasteiger partial charge on any atom is -0.368 e. The first-order valence-electron chi connectivity index (χ1n) is 6.77. The van der Waals surface area contributed by atoms with E-state index in [0.29, 0.717) is 11.4 Å². The van der Waals surface area contributed by atoms with Gasteiger partial charge in [-0.25, -0.2) is 20.9 Å². The molecule has 0 amide bonds. The van der Waals surface area contributed by atoms with E-state index in [0.717, 1.165) is 17.5 Å². The summed E-state index contributed by atoms with van der Waals surface area (Å²) in [6, 6.07) is 15.0. The number of nitrogens with one attached hydrogen (secondary N) is 2. The molecule has 136 valence electrons. The maximum Gasteiger partial charge on any atom is 0.218 e. The fourth-order valence-corrected chi connectivity index (χ4v) is 1.94. The van der Waals surface area contributed by atoms with Crippen LogP contribution in [-0.4, -0.2) is 22.3 Å². The highest BCUT2D eigenvalue weighted by Crippen LogP contribution is 2.18. The summed E-state index contributed by atoms with van der Waals surface area (Å²) in [5.74, 6) is -0.129. The quantitative estimate of drug-likeness (QED) is 0.269. The van der Waals surface area contributed by atoms with E-state index >= 15 is 0 Å². The Morgan fingerprint density at radius 2 is 1.04 bits per heavy atom. The number of hydroxylamine groups is 2. The second kappa shape index (κ2) is 11.1. The Balaban J connectivity index is 0.00000288. The predicted octanol–water partition coefficient (Wildman–Crippen LogP) is 1.97. The molecule has 0 aliphatic rings. The van der Waals surface area contributed by atoms with Crippen LogP contribution in [0, 0.1) is 0 Å². The Hall–Kier alpha value is -2.52. The first-order valence-corrected chi connectivity index (χ1v) is 6.77. The van der Waals surface area contributed by atoms with Crippen LogP contribution in [0.25, 0.3) is 0 Å². The van der Waals surface area contributed by atoms with Crippen LogP contribution in [0.4, 0.5) is 11.4 Å². The Morgan fingerprint density at radius 3 is 1.32 bits per heavy atom. The molecule has 0 spiro atoms. The molecule has 0 aromatic heterocycles. The van der Waals surface area contributed by atoms with Crippen molar-refractivity contribution in [3.63, 3.8) is 0 Å². The molecule has 0 radical (unpaired) electrons. The molecule has 0 atom stereocenters. The molecule has 2 aromatic carbocycles. The minimum atomic E-state index is -0.0643. The smallest absolute Gasteiger partial charge is 0.218 e. The summed E-state index contributed by atoms with van der Waals surface area (Å²) in [6.45, 7) is 0. The number of nitrogens with two attached hydrogens (primary N) is 2. The third-order valence-corrected chi connectivity index (χ3v) is 3.01. The van der Waals surface area contributed by atoms with Crippen molar-refractivity contribution in [2.45, 2.75) is 6.42 Å². The van der Waals surface area contributed by atoms with E-state index in [1.165, 1.54) is 0 Å². The van der Waals surface area contributed by atoms with E-state index in [-0.39, 0.29) is 36.7 Å². The maximum absolute atomic E-state index is 8.60. The second-order valence-electron chi connectivity index (χ2n) is 4.73. The van der Waals surface area contributed by atoms with Gasteiger partial charge in [-0.15, -0.1) is 24.8 Å². The van der Waals surface area contributed by atoms with Crippen LogP contribution in [-0.2, 0) is 6.42 Å². The number of halogens is 2. The average molecular weight is 387 g/mol. The largest absolute Gasteiger partial charge is 0.368 e. The number of nitrogens with zero attached hydrogens (tertiary/aromatic N) is 2. The van der Waals surface area contributed by atoms with Gasteiger partial charge >= 0.3 is 0 Å². The van der Waals surface area contributed by atoms with Gasteiger partial charge in [0, 0.05) is 0 Å².